The molecule has 1 aromatic carbocycles. The average Bonchev–Trinajstić information content (AvgIpc) is 3.12. The number of hydrogen-bond acceptors (Lipinski definition) is 6. The van der Waals surface area contributed by atoms with Crippen LogP contribution in [0.3, 0.4) is 0 Å². The first kappa shape index (κ1) is 19.0. The van der Waals surface area contributed by atoms with E-state index in [9.17, 15) is 14.0 Å². The quantitative estimate of drug-likeness (QED) is 0.706. The maximum absolute atomic E-state index is 13.8. The zero-order valence-electron chi connectivity index (χ0n) is 15.0. The molecule has 8 nitrogen and oxygen atoms in total. The molecule has 9 heteroatoms. The van der Waals surface area contributed by atoms with Gasteiger partial charge in [-0.1, -0.05) is 23.4 Å². The van der Waals surface area contributed by atoms with E-state index in [1.165, 1.54) is 16.9 Å². The third kappa shape index (κ3) is 4.68. The molecule has 0 radical (unpaired) electrons. The molecule has 3 rings (SSSR count). The SMILES string of the molecule is CCOC(=O)CC1COCCN1C(=O)c1cn(Cc2ccccc2F)nn1. The van der Waals surface area contributed by atoms with E-state index in [-0.39, 0.29) is 49.6 Å². The number of aromatic nitrogens is 3. The lowest BCUT2D eigenvalue weighted by atomic mass is 10.1. The van der Waals surface area contributed by atoms with Crippen molar-refractivity contribution in [3.63, 3.8) is 0 Å². The lowest BCUT2D eigenvalue weighted by Crippen LogP contribution is -2.49. The molecule has 0 aliphatic carbocycles. The van der Waals surface area contributed by atoms with Crippen LogP contribution in [-0.2, 0) is 20.8 Å². The molecule has 1 unspecified atom stereocenters. The van der Waals surface area contributed by atoms with Crippen LogP contribution < -0.4 is 0 Å². The van der Waals surface area contributed by atoms with E-state index < -0.39 is 6.04 Å². The highest BCUT2D eigenvalue weighted by molar-refractivity contribution is 5.92. The Morgan fingerprint density at radius 1 is 1.37 bits per heavy atom. The number of carbonyl (C=O) groups is 2. The van der Waals surface area contributed by atoms with E-state index in [4.69, 9.17) is 9.47 Å². The van der Waals surface area contributed by atoms with Crippen LogP contribution in [0.1, 0.15) is 29.4 Å². The van der Waals surface area contributed by atoms with Crippen LogP contribution in [0.4, 0.5) is 4.39 Å². The maximum Gasteiger partial charge on any atom is 0.307 e. The molecule has 27 heavy (non-hydrogen) atoms. The fourth-order valence-electron chi connectivity index (χ4n) is 2.93. The number of nitrogens with zero attached hydrogens (tertiary/aromatic N) is 4. The Morgan fingerprint density at radius 2 is 2.19 bits per heavy atom. The smallest absolute Gasteiger partial charge is 0.307 e. The number of hydrogen-bond donors (Lipinski definition) is 0. The van der Waals surface area contributed by atoms with E-state index in [1.807, 2.05) is 0 Å². The number of morpholine rings is 1. The van der Waals surface area contributed by atoms with Crippen LogP contribution in [0.25, 0.3) is 0 Å². The summed E-state index contributed by atoms with van der Waals surface area (Å²) in [6.45, 7) is 3.17. The maximum atomic E-state index is 13.8. The molecule has 1 saturated heterocycles. The van der Waals surface area contributed by atoms with Crippen LogP contribution in [-0.4, -0.2) is 64.2 Å². The topological polar surface area (TPSA) is 86.5 Å². The Kier molecular flexibility index (Phi) is 6.12. The van der Waals surface area contributed by atoms with Crippen molar-refractivity contribution in [2.45, 2.75) is 25.9 Å². The first-order valence-corrected chi connectivity index (χ1v) is 8.76. The predicted molar refractivity (Wildman–Crippen MR) is 92.4 cm³/mol. The second kappa shape index (κ2) is 8.72. The lowest BCUT2D eigenvalue weighted by Gasteiger charge is -2.34. The van der Waals surface area contributed by atoms with Crippen LogP contribution >= 0.6 is 0 Å². The van der Waals surface area contributed by atoms with Gasteiger partial charge >= 0.3 is 5.97 Å². The molecule has 2 aromatic rings. The van der Waals surface area contributed by atoms with E-state index in [0.29, 0.717) is 18.7 Å². The molecule has 1 aromatic heterocycles. The minimum Gasteiger partial charge on any atom is -0.466 e. The summed E-state index contributed by atoms with van der Waals surface area (Å²) >= 11 is 0. The van der Waals surface area contributed by atoms with Gasteiger partial charge in [0, 0.05) is 12.1 Å². The Labute approximate surface area is 155 Å². The summed E-state index contributed by atoms with van der Waals surface area (Å²) in [7, 11) is 0. The van der Waals surface area contributed by atoms with Gasteiger partial charge < -0.3 is 14.4 Å². The zero-order valence-corrected chi connectivity index (χ0v) is 15.0. The summed E-state index contributed by atoms with van der Waals surface area (Å²) in [6, 6.07) is 5.94. The van der Waals surface area contributed by atoms with Gasteiger partial charge in [0.05, 0.1) is 45.0 Å². The fourth-order valence-corrected chi connectivity index (χ4v) is 2.93. The largest absolute Gasteiger partial charge is 0.466 e. The lowest BCUT2D eigenvalue weighted by molar-refractivity contribution is -0.145. The standard InChI is InChI=1S/C18H21FN4O4/c1-2-27-17(24)9-14-12-26-8-7-23(14)18(25)16-11-22(21-20-16)10-13-5-3-4-6-15(13)19/h3-6,11,14H,2,7-10,12H2,1H3. The summed E-state index contributed by atoms with van der Waals surface area (Å²) < 4.78 is 25.5. The second-order valence-electron chi connectivity index (χ2n) is 6.13. The molecule has 1 aliphatic heterocycles. The summed E-state index contributed by atoms with van der Waals surface area (Å²) in [6.07, 6.45) is 1.54. The van der Waals surface area contributed by atoms with Crippen LogP contribution in [0.15, 0.2) is 30.5 Å². The van der Waals surface area contributed by atoms with Gasteiger partial charge in [0.15, 0.2) is 5.69 Å². The van der Waals surface area contributed by atoms with Crippen molar-refractivity contribution in [1.82, 2.24) is 19.9 Å². The molecular weight excluding hydrogens is 355 g/mol. The third-order valence-corrected chi connectivity index (χ3v) is 4.24. The van der Waals surface area contributed by atoms with Crippen molar-refractivity contribution >= 4 is 11.9 Å². The predicted octanol–water partition coefficient (Wildman–Crippen LogP) is 1.26. The number of esters is 1. The van der Waals surface area contributed by atoms with E-state index in [0.717, 1.165) is 0 Å². The van der Waals surface area contributed by atoms with Crippen LogP contribution in [0, 0.1) is 5.82 Å². The molecule has 2 heterocycles. The van der Waals surface area contributed by atoms with Crippen molar-refractivity contribution in [1.29, 1.82) is 0 Å². The van der Waals surface area contributed by atoms with Gasteiger partial charge in [-0.25, -0.2) is 9.07 Å². The Hall–Kier alpha value is -2.81. The van der Waals surface area contributed by atoms with Gasteiger partial charge in [0.1, 0.15) is 5.82 Å². The van der Waals surface area contributed by atoms with E-state index in [1.54, 1.807) is 30.0 Å². The minimum absolute atomic E-state index is 0.0585. The number of benzene rings is 1. The number of ether oxygens (including phenoxy) is 2. The Morgan fingerprint density at radius 3 is 2.96 bits per heavy atom. The van der Waals surface area contributed by atoms with Crippen LogP contribution in [0.2, 0.25) is 0 Å². The van der Waals surface area contributed by atoms with E-state index in [2.05, 4.69) is 10.3 Å². The molecule has 1 fully saturated rings. The van der Waals surface area contributed by atoms with Gasteiger partial charge in [-0.3, -0.25) is 9.59 Å². The van der Waals surface area contributed by atoms with Crippen molar-refractivity contribution in [2.24, 2.45) is 0 Å². The van der Waals surface area contributed by atoms with Gasteiger partial charge in [-0.2, -0.15) is 0 Å². The highest BCUT2D eigenvalue weighted by atomic mass is 19.1. The van der Waals surface area contributed by atoms with Crippen molar-refractivity contribution in [3.05, 3.63) is 47.5 Å². The highest BCUT2D eigenvalue weighted by Gasteiger charge is 2.31. The second-order valence-corrected chi connectivity index (χ2v) is 6.13. The summed E-state index contributed by atoms with van der Waals surface area (Å²) in [5.41, 5.74) is 0.593. The van der Waals surface area contributed by atoms with Gasteiger partial charge in [-0.15, -0.1) is 5.10 Å². The number of rotatable bonds is 6. The molecule has 0 saturated carbocycles. The number of amides is 1. The molecule has 1 aliphatic rings. The number of halogens is 1. The molecule has 0 spiro atoms. The number of carbonyl (C=O) groups excluding carboxylic acids is 2. The van der Waals surface area contributed by atoms with Crippen molar-refractivity contribution in [3.8, 4) is 0 Å². The third-order valence-electron chi connectivity index (χ3n) is 4.24. The van der Waals surface area contributed by atoms with Gasteiger partial charge in [0.2, 0.25) is 0 Å². The zero-order chi connectivity index (χ0) is 19.2. The molecule has 1 amide bonds. The molecule has 144 valence electrons. The molecule has 0 bridgehead atoms. The summed E-state index contributed by atoms with van der Waals surface area (Å²) in [4.78, 5) is 26.1. The first-order chi connectivity index (χ1) is 13.1. The molecular formula is C18H21FN4O4. The first-order valence-electron chi connectivity index (χ1n) is 8.76. The molecule has 0 N–H and O–H groups in total. The minimum atomic E-state index is -0.415. The van der Waals surface area contributed by atoms with Crippen molar-refractivity contribution in [2.75, 3.05) is 26.4 Å². The molecule has 1 atom stereocenters. The Bertz CT molecular complexity index is 810. The van der Waals surface area contributed by atoms with Gasteiger partial charge in [0.25, 0.3) is 5.91 Å². The average molecular weight is 376 g/mol. The van der Waals surface area contributed by atoms with Crippen LogP contribution in [0.5, 0.6) is 0 Å². The van der Waals surface area contributed by atoms with Gasteiger partial charge in [-0.05, 0) is 13.0 Å². The fraction of sp³-hybridized carbons (Fsp3) is 0.444. The Balaban J connectivity index is 1.70. The normalized spacial score (nSPS) is 17.0. The monoisotopic (exact) mass is 376 g/mol. The summed E-state index contributed by atoms with van der Waals surface area (Å²) in [5, 5.41) is 7.82. The summed E-state index contributed by atoms with van der Waals surface area (Å²) in [5.74, 6) is -1.06. The van der Waals surface area contributed by atoms with E-state index >= 15 is 0 Å². The van der Waals surface area contributed by atoms with Crippen molar-refractivity contribution < 1.29 is 23.5 Å². The highest BCUT2D eigenvalue weighted by Crippen LogP contribution is 2.15.